The highest BCUT2D eigenvalue weighted by molar-refractivity contribution is 5.74. The topological polar surface area (TPSA) is 104 Å². The van der Waals surface area contributed by atoms with Crippen molar-refractivity contribution in [2.75, 3.05) is 25.7 Å². The Hall–Kier alpha value is -3.55. The fourth-order valence-electron chi connectivity index (χ4n) is 2.68. The van der Waals surface area contributed by atoms with Crippen molar-refractivity contribution in [3.8, 4) is 22.9 Å². The smallest absolute Gasteiger partial charge is 0.246 e. The molecule has 0 unspecified atom stereocenters. The maximum atomic E-state index is 11.2. The molecular formula is C20H22N4O4. The molecule has 0 spiro atoms. The van der Waals surface area contributed by atoms with Crippen molar-refractivity contribution in [2.24, 2.45) is 5.73 Å². The van der Waals surface area contributed by atoms with E-state index in [-0.39, 0.29) is 12.3 Å². The molecule has 8 nitrogen and oxygen atoms in total. The molecule has 1 aromatic heterocycles. The fraction of sp³-hybridized carbons (Fsp3) is 0.250. The molecule has 8 heteroatoms. The third-order valence-corrected chi connectivity index (χ3v) is 4.21. The van der Waals surface area contributed by atoms with Crippen molar-refractivity contribution in [3.63, 3.8) is 0 Å². The number of carbonyl (C=O) groups excluding carboxylic acids is 1. The number of anilines is 1. The van der Waals surface area contributed by atoms with E-state index < -0.39 is 0 Å². The Morgan fingerprint density at radius 1 is 1.04 bits per heavy atom. The van der Waals surface area contributed by atoms with Gasteiger partial charge in [-0.15, -0.1) is 0 Å². The molecule has 28 heavy (non-hydrogen) atoms. The van der Waals surface area contributed by atoms with E-state index in [1.54, 1.807) is 14.2 Å². The van der Waals surface area contributed by atoms with Crippen LogP contribution in [0.5, 0.6) is 11.5 Å². The summed E-state index contributed by atoms with van der Waals surface area (Å²) in [5.41, 5.74) is 7.03. The van der Waals surface area contributed by atoms with Crippen molar-refractivity contribution in [1.29, 1.82) is 0 Å². The molecule has 2 aromatic carbocycles. The van der Waals surface area contributed by atoms with Gasteiger partial charge in [0.25, 0.3) is 0 Å². The standard InChI is InChI=1S/C20H22N4O4/c1-26-16-7-3-14(4-8-16)20-22-19(28-23-20)13-24(12-11-18(21)25)15-5-9-17(27-2)10-6-15/h3-10H,11-13H2,1-2H3,(H2,21,25). The zero-order chi connectivity index (χ0) is 19.9. The molecule has 0 fully saturated rings. The van der Waals surface area contributed by atoms with Crippen LogP contribution in [0.3, 0.4) is 0 Å². The van der Waals surface area contributed by atoms with Gasteiger partial charge in [-0.3, -0.25) is 4.79 Å². The number of primary amides is 1. The summed E-state index contributed by atoms with van der Waals surface area (Å²) < 4.78 is 15.8. The lowest BCUT2D eigenvalue weighted by Crippen LogP contribution is -2.27. The molecule has 3 rings (SSSR count). The average Bonchev–Trinajstić information content (AvgIpc) is 3.19. The predicted molar refractivity (Wildman–Crippen MR) is 104 cm³/mol. The number of methoxy groups -OCH3 is 2. The summed E-state index contributed by atoms with van der Waals surface area (Å²) in [6, 6.07) is 14.9. The van der Waals surface area contributed by atoms with E-state index in [0.717, 1.165) is 22.7 Å². The number of aromatic nitrogens is 2. The van der Waals surface area contributed by atoms with Gasteiger partial charge < -0.3 is 24.6 Å². The predicted octanol–water partition coefficient (Wildman–Crippen LogP) is 2.64. The van der Waals surface area contributed by atoms with Crippen LogP contribution in [0.2, 0.25) is 0 Å². The Kier molecular flexibility index (Phi) is 6.11. The summed E-state index contributed by atoms with van der Waals surface area (Å²) >= 11 is 0. The second-order valence-corrected chi connectivity index (χ2v) is 6.08. The zero-order valence-corrected chi connectivity index (χ0v) is 15.8. The molecule has 2 N–H and O–H groups in total. The number of hydrogen-bond donors (Lipinski definition) is 1. The summed E-state index contributed by atoms with van der Waals surface area (Å²) in [6.07, 6.45) is 0.214. The van der Waals surface area contributed by atoms with Crippen LogP contribution >= 0.6 is 0 Å². The molecule has 1 amide bonds. The van der Waals surface area contributed by atoms with E-state index in [1.165, 1.54) is 0 Å². The minimum absolute atomic E-state index is 0.214. The number of amides is 1. The average molecular weight is 382 g/mol. The maximum absolute atomic E-state index is 11.2. The molecule has 0 saturated carbocycles. The van der Waals surface area contributed by atoms with Crippen molar-refractivity contribution in [1.82, 2.24) is 10.1 Å². The molecule has 0 aliphatic rings. The summed E-state index contributed by atoms with van der Waals surface area (Å²) in [5, 5.41) is 4.05. The first kappa shape index (κ1) is 19.2. The third-order valence-electron chi connectivity index (χ3n) is 4.21. The molecular weight excluding hydrogens is 360 g/mol. The number of nitrogens with zero attached hydrogens (tertiary/aromatic N) is 3. The van der Waals surface area contributed by atoms with Crippen molar-refractivity contribution in [2.45, 2.75) is 13.0 Å². The molecule has 0 aliphatic carbocycles. The number of hydrogen-bond acceptors (Lipinski definition) is 7. The number of rotatable bonds is 9. The highest BCUT2D eigenvalue weighted by Crippen LogP contribution is 2.23. The highest BCUT2D eigenvalue weighted by atomic mass is 16.5. The fourth-order valence-corrected chi connectivity index (χ4v) is 2.68. The molecule has 0 bridgehead atoms. The Balaban J connectivity index is 1.77. The van der Waals surface area contributed by atoms with Crippen LogP contribution in [-0.4, -0.2) is 36.8 Å². The van der Waals surface area contributed by atoms with Crippen molar-refractivity contribution < 1.29 is 18.8 Å². The first-order valence-corrected chi connectivity index (χ1v) is 8.73. The molecule has 3 aromatic rings. The number of nitrogens with two attached hydrogens (primary N) is 1. The SMILES string of the molecule is COc1ccc(-c2noc(CN(CCC(N)=O)c3ccc(OC)cc3)n2)cc1. The van der Waals surface area contributed by atoms with Crippen LogP contribution in [0.25, 0.3) is 11.4 Å². The van der Waals surface area contributed by atoms with Gasteiger partial charge in [-0.25, -0.2) is 0 Å². The van der Waals surface area contributed by atoms with Crippen LogP contribution in [-0.2, 0) is 11.3 Å². The van der Waals surface area contributed by atoms with Crippen LogP contribution in [0, 0.1) is 0 Å². The van der Waals surface area contributed by atoms with E-state index in [9.17, 15) is 4.79 Å². The number of ether oxygens (including phenoxy) is 2. The molecule has 1 heterocycles. The maximum Gasteiger partial charge on any atom is 0.246 e. The first-order chi connectivity index (χ1) is 13.6. The zero-order valence-electron chi connectivity index (χ0n) is 15.8. The first-order valence-electron chi connectivity index (χ1n) is 8.73. The lowest BCUT2D eigenvalue weighted by Gasteiger charge is -2.22. The Bertz CT molecular complexity index is 907. The summed E-state index contributed by atoms with van der Waals surface area (Å²) in [4.78, 5) is 17.7. The highest BCUT2D eigenvalue weighted by Gasteiger charge is 2.15. The van der Waals surface area contributed by atoms with Crippen LogP contribution in [0.4, 0.5) is 5.69 Å². The molecule has 0 atom stereocenters. The van der Waals surface area contributed by atoms with Gasteiger partial charge in [0.2, 0.25) is 17.6 Å². The van der Waals surface area contributed by atoms with Gasteiger partial charge >= 0.3 is 0 Å². The molecule has 0 radical (unpaired) electrons. The van der Waals surface area contributed by atoms with Gasteiger partial charge in [0, 0.05) is 24.2 Å². The second kappa shape index (κ2) is 8.90. The van der Waals surface area contributed by atoms with Gasteiger partial charge in [0.05, 0.1) is 20.8 Å². The van der Waals surface area contributed by atoms with Crippen LogP contribution in [0.1, 0.15) is 12.3 Å². The Labute approximate surface area is 162 Å². The largest absolute Gasteiger partial charge is 0.497 e. The van der Waals surface area contributed by atoms with Crippen molar-refractivity contribution in [3.05, 3.63) is 54.4 Å². The monoisotopic (exact) mass is 382 g/mol. The second-order valence-electron chi connectivity index (χ2n) is 6.08. The van der Waals surface area contributed by atoms with Gasteiger partial charge in [0.1, 0.15) is 11.5 Å². The minimum Gasteiger partial charge on any atom is -0.497 e. The van der Waals surface area contributed by atoms with E-state index >= 15 is 0 Å². The van der Waals surface area contributed by atoms with Gasteiger partial charge in [-0.2, -0.15) is 4.98 Å². The van der Waals surface area contributed by atoms with E-state index in [4.69, 9.17) is 19.7 Å². The minimum atomic E-state index is -0.372. The lowest BCUT2D eigenvalue weighted by molar-refractivity contribution is -0.117. The summed E-state index contributed by atoms with van der Waals surface area (Å²) in [5.74, 6) is 2.05. The van der Waals surface area contributed by atoms with Crippen molar-refractivity contribution >= 4 is 11.6 Å². The summed E-state index contributed by atoms with van der Waals surface area (Å²) in [6.45, 7) is 0.782. The van der Waals surface area contributed by atoms with Gasteiger partial charge in [-0.05, 0) is 48.5 Å². The van der Waals surface area contributed by atoms with Gasteiger partial charge in [-0.1, -0.05) is 5.16 Å². The quantitative estimate of drug-likeness (QED) is 0.607. The van der Waals surface area contributed by atoms with E-state index in [2.05, 4.69) is 10.1 Å². The Morgan fingerprint density at radius 2 is 1.64 bits per heavy atom. The Morgan fingerprint density at radius 3 is 2.21 bits per heavy atom. The third kappa shape index (κ3) is 4.79. The van der Waals surface area contributed by atoms with Gasteiger partial charge in [0.15, 0.2) is 0 Å². The number of carbonyl (C=O) groups is 1. The molecule has 0 aliphatic heterocycles. The number of benzene rings is 2. The summed E-state index contributed by atoms with van der Waals surface area (Å²) in [7, 11) is 3.22. The lowest BCUT2D eigenvalue weighted by atomic mass is 10.2. The van der Waals surface area contributed by atoms with E-state index in [0.29, 0.717) is 24.8 Å². The van der Waals surface area contributed by atoms with Crippen LogP contribution < -0.4 is 20.1 Å². The molecule has 0 saturated heterocycles. The normalized spacial score (nSPS) is 10.5. The molecule has 146 valence electrons. The van der Waals surface area contributed by atoms with E-state index in [1.807, 2.05) is 53.4 Å². The van der Waals surface area contributed by atoms with Crippen LogP contribution in [0.15, 0.2) is 53.1 Å².